The number of rotatable bonds is 5. The Morgan fingerprint density at radius 3 is 2.04 bits per heavy atom. The van der Waals surface area contributed by atoms with E-state index in [2.05, 4.69) is 89.1 Å². The number of hydrogen-bond acceptors (Lipinski definition) is 1. The van der Waals surface area contributed by atoms with Crippen LogP contribution in [0.3, 0.4) is 0 Å². The van der Waals surface area contributed by atoms with E-state index < -0.39 is 0 Å². The number of benzene rings is 2. The van der Waals surface area contributed by atoms with Gasteiger partial charge in [-0.1, -0.05) is 48.6 Å². The van der Waals surface area contributed by atoms with E-state index in [1.807, 2.05) is 0 Å². The van der Waals surface area contributed by atoms with Gasteiger partial charge in [-0.05, 0) is 63.4 Å². The summed E-state index contributed by atoms with van der Waals surface area (Å²) < 4.78 is 0. The zero-order valence-electron chi connectivity index (χ0n) is 15.0. The molecule has 1 nitrogen and oxygen atoms in total. The van der Waals surface area contributed by atoms with Crippen LogP contribution in [0.4, 0.5) is 11.4 Å². The van der Waals surface area contributed by atoms with Gasteiger partial charge in [0.15, 0.2) is 0 Å². The Morgan fingerprint density at radius 2 is 1.52 bits per heavy atom. The summed E-state index contributed by atoms with van der Waals surface area (Å²) in [4.78, 5) is 2.28. The first kappa shape index (κ1) is 17.1. The van der Waals surface area contributed by atoms with Crippen LogP contribution in [0.2, 0.25) is 0 Å². The quantitative estimate of drug-likeness (QED) is 0.567. The maximum atomic E-state index is 4.35. The highest BCUT2D eigenvalue weighted by atomic mass is 15.2. The van der Waals surface area contributed by atoms with E-state index in [4.69, 9.17) is 0 Å². The molecule has 0 N–H and O–H groups in total. The highest BCUT2D eigenvalue weighted by molar-refractivity contribution is 5.74. The Kier molecular flexibility index (Phi) is 5.10. The third-order valence-corrected chi connectivity index (χ3v) is 3.94. The van der Waals surface area contributed by atoms with Crippen molar-refractivity contribution in [1.29, 1.82) is 0 Å². The molecule has 2 rings (SSSR count). The zero-order valence-corrected chi connectivity index (χ0v) is 15.0. The summed E-state index contributed by atoms with van der Waals surface area (Å²) in [6.45, 7) is 19.1. The molecular formula is C22H27N. The Labute approximate surface area is 141 Å². The van der Waals surface area contributed by atoms with Crippen LogP contribution in [0.15, 0.2) is 60.8 Å². The van der Waals surface area contributed by atoms with Gasteiger partial charge in [0.05, 0.1) is 5.69 Å². The summed E-state index contributed by atoms with van der Waals surface area (Å²) in [5.74, 6) is 0. The molecule has 0 saturated carbocycles. The highest BCUT2D eigenvalue weighted by Gasteiger charge is 2.18. The molecule has 0 heterocycles. The van der Waals surface area contributed by atoms with Crippen LogP contribution in [-0.2, 0) is 0 Å². The number of hydrogen-bond donors (Lipinski definition) is 0. The van der Waals surface area contributed by atoms with Crippen LogP contribution in [0, 0.1) is 27.7 Å². The second-order valence-corrected chi connectivity index (χ2v) is 6.62. The van der Waals surface area contributed by atoms with Gasteiger partial charge >= 0.3 is 0 Å². The number of aryl methyl sites for hydroxylation is 4. The first-order valence-corrected chi connectivity index (χ1v) is 8.06. The average molecular weight is 305 g/mol. The summed E-state index contributed by atoms with van der Waals surface area (Å²) >= 11 is 0. The molecule has 0 unspecified atom stereocenters. The molecule has 0 bridgehead atoms. The Bertz CT molecular complexity index is 729. The fourth-order valence-electron chi connectivity index (χ4n) is 3.19. The minimum atomic E-state index is 0.792. The summed E-state index contributed by atoms with van der Waals surface area (Å²) in [5, 5.41) is 0. The van der Waals surface area contributed by atoms with Crippen molar-refractivity contribution in [3.63, 3.8) is 0 Å². The molecule has 0 aliphatic rings. The van der Waals surface area contributed by atoms with Crippen molar-refractivity contribution in [2.45, 2.75) is 41.0 Å². The third kappa shape index (κ3) is 3.92. The highest BCUT2D eigenvalue weighted by Crippen LogP contribution is 2.37. The minimum absolute atomic E-state index is 0.792. The van der Waals surface area contributed by atoms with E-state index in [9.17, 15) is 0 Å². The first-order chi connectivity index (χ1) is 10.8. The van der Waals surface area contributed by atoms with Crippen molar-refractivity contribution in [2.75, 3.05) is 4.90 Å². The van der Waals surface area contributed by atoms with E-state index in [1.165, 1.54) is 27.9 Å². The monoisotopic (exact) mass is 305 g/mol. The van der Waals surface area contributed by atoms with Crippen LogP contribution in [0.5, 0.6) is 0 Å². The Hall–Kier alpha value is -2.28. The molecule has 0 saturated heterocycles. The van der Waals surface area contributed by atoms with Crippen LogP contribution < -0.4 is 4.90 Å². The molecule has 0 amide bonds. The predicted octanol–water partition coefficient (Wildman–Crippen LogP) is 6.54. The van der Waals surface area contributed by atoms with Gasteiger partial charge in [-0.15, -0.1) is 0 Å². The van der Waals surface area contributed by atoms with Crippen molar-refractivity contribution in [1.82, 2.24) is 0 Å². The lowest BCUT2D eigenvalue weighted by atomic mass is 10.0. The summed E-state index contributed by atoms with van der Waals surface area (Å²) in [6.07, 6.45) is 0.792. The molecule has 1 heteroatoms. The molecule has 23 heavy (non-hydrogen) atoms. The smallest absolute Gasteiger partial charge is 0.0516 e. The van der Waals surface area contributed by atoms with E-state index in [0.29, 0.717) is 0 Å². The van der Waals surface area contributed by atoms with Crippen LogP contribution >= 0.6 is 0 Å². The fraction of sp³-hybridized carbons (Fsp3) is 0.273. The normalized spacial score (nSPS) is 10.5. The van der Waals surface area contributed by atoms with Crippen LogP contribution in [-0.4, -0.2) is 0 Å². The lowest BCUT2D eigenvalue weighted by Gasteiger charge is -2.31. The Morgan fingerprint density at radius 1 is 0.913 bits per heavy atom. The summed E-state index contributed by atoms with van der Waals surface area (Å²) in [6, 6.07) is 13.1. The molecule has 2 aromatic carbocycles. The van der Waals surface area contributed by atoms with Gasteiger partial charge in [0.1, 0.15) is 0 Å². The van der Waals surface area contributed by atoms with Crippen molar-refractivity contribution in [3.05, 3.63) is 83.1 Å². The van der Waals surface area contributed by atoms with Crippen molar-refractivity contribution in [2.24, 2.45) is 0 Å². The van der Waals surface area contributed by atoms with Gasteiger partial charge < -0.3 is 4.90 Å². The van der Waals surface area contributed by atoms with E-state index in [-0.39, 0.29) is 0 Å². The number of allylic oxidation sites excluding steroid dienone is 1. The molecule has 2 aromatic rings. The predicted molar refractivity (Wildman–Crippen MR) is 103 cm³/mol. The molecule has 0 aliphatic heterocycles. The van der Waals surface area contributed by atoms with E-state index in [1.54, 1.807) is 0 Å². The van der Waals surface area contributed by atoms with Crippen molar-refractivity contribution < 1.29 is 0 Å². The van der Waals surface area contributed by atoms with Gasteiger partial charge in [-0.2, -0.15) is 0 Å². The molecule has 120 valence electrons. The molecule has 0 radical (unpaired) electrons. The summed E-state index contributed by atoms with van der Waals surface area (Å²) in [7, 11) is 0. The number of anilines is 2. The van der Waals surface area contributed by atoms with Gasteiger partial charge in [-0.25, -0.2) is 0 Å². The molecule has 0 fully saturated rings. The molecule has 0 atom stereocenters. The van der Waals surface area contributed by atoms with Gasteiger partial charge in [0, 0.05) is 17.8 Å². The lowest BCUT2D eigenvalue weighted by molar-refractivity contribution is 1.02. The standard InChI is InChI=1S/C22H27N/c1-15(2)11-20(7)23(21-10-8-9-16(3)14-21)22-18(5)12-17(4)13-19(22)6/h8-10,12-14H,1,7,11H2,2-6H3. The largest absolute Gasteiger partial charge is 0.314 e. The maximum Gasteiger partial charge on any atom is 0.0516 e. The fourth-order valence-corrected chi connectivity index (χ4v) is 3.19. The number of nitrogens with zero attached hydrogens (tertiary/aromatic N) is 1. The third-order valence-electron chi connectivity index (χ3n) is 3.94. The maximum absolute atomic E-state index is 4.35. The van der Waals surface area contributed by atoms with Crippen molar-refractivity contribution in [3.8, 4) is 0 Å². The van der Waals surface area contributed by atoms with E-state index >= 15 is 0 Å². The second-order valence-electron chi connectivity index (χ2n) is 6.62. The van der Waals surface area contributed by atoms with Gasteiger partial charge in [0.25, 0.3) is 0 Å². The first-order valence-electron chi connectivity index (χ1n) is 8.06. The molecule has 0 spiro atoms. The SMILES string of the molecule is C=C(C)CC(=C)N(c1cccc(C)c1)c1c(C)cc(C)cc1C. The van der Waals surface area contributed by atoms with Gasteiger partial charge in [0.2, 0.25) is 0 Å². The lowest BCUT2D eigenvalue weighted by Crippen LogP contribution is -2.18. The van der Waals surface area contributed by atoms with Gasteiger partial charge in [-0.3, -0.25) is 0 Å². The molecule has 0 aromatic heterocycles. The van der Waals surface area contributed by atoms with Crippen molar-refractivity contribution >= 4 is 11.4 Å². The Balaban J connectivity index is 2.63. The minimum Gasteiger partial charge on any atom is -0.314 e. The van der Waals surface area contributed by atoms with E-state index in [0.717, 1.165) is 23.4 Å². The average Bonchev–Trinajstić information content (AvgIpc) is 2.41. The van der Waals surface area contributed by atoms with Crippen LogP contribution in [0.1, 0.15) is 35.6 Å². The second kappa shape index (κ2) is 6.87. The van der Waals surface area contributed by atoms with Crippen LogP contribution in [0.25, 0.3) is 0 Å². The molecular weight excluding hydrogens is 278 g/mol. The topological polar surface area (TPSA) is 3.24 Å². The zero-order chi connectivity index (χ0) is 17.1. The molecule has 0 aliphatic carbocycles. The summed E-state index contributed by atoms with van der Waals surface area (Å²) in [5.41, 5.74) is 9.64.